The van der Waals surface area contributed by atoms with E-state index >= 15 is 0 Å². The second-order valence-corrected chi connectivity index (χ2v) is 8.66. The third kappa shape index (κ3) is 4.41. The molecule has 0 atom stereocenters. The van der Waals surface area contributed by atoms with Gasteiger partial charge in [0.1, 0.15) is 10.6 Å². The molecule has 142 valence electrons. The zero-order valence-corrected chi connectivity index (χ0v) is 16.4. The topological polar surface area (TPSA) is 101 Å². The molecular formula is C17H18N4O4S2. The average Bonchev–Trinajstić information content (AvgIpc) is 3.03. The SMILES string of the molecule is CCOc1ccc2nc(NC(=O)CN(C)S(=O)(=O)c3cccnc3)sc2c1. The molecule has 1 amide bonds. The number of rotatable bonds is 7. The predicted molar refractivity (Wildman–Crippen MR) is 103 cm³/mol. The summed E-state index contributed by atoms with van der Waals surface area (Å²) in [5.41, 5.74) is 0.732. The molecule has 2 heterocycles. The van der Waals surface area contributed by atoms with Crippen LogP contribution in [0.4, 0.5) is 5.13 Å². The molecule has 0 aliphatic rings. The summed E-state index contributed by atoms with van der Waals surface area (Å²) in [6, 6.07) is 8.43. The number of nitrogens with zero attached hydrogens (tertiary/aromatic N) is 3. The molecule has 1 N–H and O–H groups in total. The van der Waals surface area contributed by atoms with E-state index < -0.39 is 15.9 Å². The molecule has 0 aliphatic carbocycles. The number of hydrogen-bond donors (Lipinski definition) is 1. The van der Waals surface area contributed by atoms with Gasteiger partial charge in [0.05, 0.1) is 23.4 Å². The van der Waals surface area contributed by atoms with E-state index in [4.69, 9.17) is 4.74 Å². The van der Waals surface area contributed by atoms with Crippen molar-refractivity contribution in [3.8, 4) is 5.75 Å². The molecule has 0 spiro atoms. The first-order chi connectivity index (χ1) is 12.9. The van der Waals surface area contributed by atoms with Crippen LogP contribution in [0.5, 0.6) is 5.75 Å². The third-order valence-corrected chi connectivity index (χ3v) is 6.35. The standard InChI is InChI=1S/C17H18N4O4S2/c1-3-25-12-6-7-14-15(9-12)26-17(19-14)20-16(22)11-21(2)27(23,24)13-5-4-8-18-10-13/h4-10H,3,11H2,1-2H3,(H,19,20,22). The number of amides is 1. The van der Waals surface area contributed by atoms with Crippen LogP contribution in [0.15, 0.2) is 47.6 Å². The molecule has 3 rings (SSSR count). The minimum absolute atomic E-state index is 0.0312. The first-order valence-corrected chi connectivity index (χ1v) is 10.4. The minimum Gasteiger partial charge on any atom is -0.494 e. The highest BCUT2D eigenvalue weighted by Crippen LogP contribution is 2.29. The minimum atomic E-state index is -3.79. The number of nitrogens with one attached hydrogen (secondary N) is 1. The van der Waals surface area contributed by atoms with Crippen LogP contribution in [-0.2, 0) is 14.8 Å². The summed E-state index contributed by atoms with van der Waals surface area (Å²) in [5.74, 6) is 0.253. The number of sulfonamides is 1. The summed E-state index contributed by atoms with van der Waals surface area (Å²) < 4.78 is 32.2. The molecule has 0 fully saturated rings. The van der Waals surface area contributed by atoms with Crippen molar-refractivity contribution in [2.75, 3.05) is 25.5 Å². The quantitative estimate of drug-likeness (QED) is 0.646. The predicted octanol–water partition coefficient (Wildman–Crippen LogP) is 2.35. The lowest BCUT2D eigenvalue weighted by Crippen LogP contribution is -2.35. The number of likely N-dealkylation sites (N-methyl/N-ethyl adjacent to an activating group) is 1. The summed E-state index contributed by atoms with van der Waals surface area (Å²) in [4.78, 5) is 20.4. The Morgan fingerprint density at radius 1 is 1.33 bits per heavy atom. The van der Waals surface area contributed by atoms with E-state index in [9.17, 15) is 13.2 Å². The van der Waals surface area contributed by atoms with Crippen molar-refractivity contribution >= 4 is 42.6 Å². The summed E-state index contributed by atoms with van der Waals surface area (Å²) in [5, 5.41) is 3.04. The van der Waals surface area contributed by atoms with Crippen molar-refractivity contribution in [3.63, 3.8) is 0 Å². The first-order valence-electron chi connectivity index (χ1n) is 8.09. The van der Waals surface area contributed by atoms with E-state index in [1.54, 1.807) is 0 Å². The van der Waals surface area contributed by atoms with Gasteiger partial charge >= 0.3 is 0 Å². The molecule has 8 nitrogen and oxygen atoms in total. The Bertz CT molecular complexity index is 1050. The fraction of sp³-hybridized carbons (Fsp3) is 0.235. The van der Waals surface area contributed by atoms with Gasteiger partial charge in [-0.25, -0.2) is 13.4 Å². The van der Waals surface area contributed by atoms with E-state index in [0.29, 0.717) is 11.7 Å². The van der Waals surface area contributed by atoms with Crippen molar-refractivity contribution in [3.05, 3.63) is 42.7 Å². The summed E-state index contributed by atoms with van der Waals surface area (Å²) in [6.45, 7) is 2.13. The summed E-state index contributed by atoms with van der Waals surface area (Å²) in [6.07, 6.45) is 2.73. The Morgan fingerprint density at radius 3 is 2.85 bits per heavy atom. The van der Waals surface area contributed by atoms with Crippen LogP contribution in [0.2, 0.25) is 0 Å². The Labute approximate surface area is 160 Å². The van der Waals surface area contributed by atoms with Gasteiger partial charge in [0.2, 0.25) is 15.9 Å². The van der Waals surface area contributed by atoms with Gasteiger partial charge in [0.25, 0.3) is 0 Å². The lowest BCUT2D eigenvalue weighted by Gasteiger charge is -2.16. The molecule has 10 heteroatoms. The molecular weight excluding hydrogens is 388 g/mol. The van der Waals surface area contributed by atoms with E-state index in [-0.39, 0.29) is 11.4 Å². The van der Waals surface area contributed by atoms with Crippen LogP contribution in [0, 0.1) is 0 Å². The largest absolute Gasteiger partial charge is 0.494 e. The fourth-order valence-corrected chi connectivity index (χ4v) is 4.34. The summed E-state index contributed by atoms with van der Waals surface area (Å²) >= 11 is 1.30. The monoisotopic (exact) mass is 406 g/mol. The molecule has 2 aromatic heterocycles. The lowest BCUT2D eigenvalue weighted by atomic mass is 10.3. The maximum Gasteiger partial charge on any atom is 0.244 e. The highest BCUT2D eigenvalue weighted by molar-refractivity contribution is 7.89. The highest BCUT2D eigenvalue weighted by atomic mass is 32.2. The number of fused-ring (bicyclic) bond motifs is 1. The van der Waals surface area contributed by atoms with Gasteiger partial charge < -0.3 is 10.1 Å². The van der Waals surface area contributed by atoms with Gasteiger partial charge in [0.15, 0.2) is 5.13 Å². The Balaban J connectivity index is 1.69. The molecule has 0 aliphatic heterocycles. The Morgan fingerprint density at radius 2 is 2.15 bits per heavy atom. The van der Waals surface area contributed by atoms with E-state index in [1.807, 2.05) is 25.1 Å². The number of anilines is 1. The summed E-state index contributed by atoms with van der Waals surface area (Å²) in [7, 11) is -2.44. The number of aromatic nitrogens is 2. The number of thiazole rings is 1. The van der Waals surface area contributed by atoms with Gasteiger partial charge in [-0.15, -0.1) is 0 Å². The first kappa shape index (κ1) is 19.2. The molecule has 3 aromatic rings. The molecule has 1 aromatic carbocycles. The smallest absolute Gasteiger partial charge is 0.244 e. The normalized spacial score (nSPS) is 11.7. The maximum atomic E-state index is 12.4. The van der Waals surface area contributed by atoms with Crippen LogP contribution >= 0.6 is 11.3 Å². The van der Waals surface area contributed by atoms with Crippen LogP contribution < -0.4 is 10.1 Å². The van der Waals surface area contributed by atoms with Crippen molar-refractivity contribution in [2.24, 2.45) is 0 Å². The third-order valence-electron chi connectivity index (χ3n) is 3.63. The molecule has 0 saturated heterocycles. The van der Waals surface area contributed by atoms with E-state index in [0.717, 1.165) is 20.3 Å². The van der Waals surface area contributed by atoms with E-state index in [2.05, 4.69) is 15.3 Å². The Hall–Kier alpha value is -2.56. The van der Waals surface area contributed by atoms with Gasteiger partial charge in [-0.2, -0.15) is 4.31 Å². The highest BCUT2D eigenvalue weighted by Gasteiger charge is 2.23. The van der Waals surface area contributed by atoms with Gasteiger partial charge in [-0.05, 0) is 37.3 Å². The lowest BCUT2D eigenvalue weighted by molar-refractivity contribution is -0.116. The number of carbonyl (C=O) groups excluding carboxylic acids is 1. The number of benzene rings is 1. The van der Waals surface area contributed by atoms with Crippen LogP contribution in [0.1, 0.15) is 6.92 Å². The van der Waals surface area contributed by atoms with Gasteiger partial charge in [0, 0.05) is 19.4 Å². The maximum absolute atomic E-state index is 12.4. The van der Waals surface area contributed by atoms with Crippen molar-refractivity contribution in [1.29, 1.82) is 0 Å². The van der Waals surface area contributed by atoms with Crippen LogP contribution in [-0.4, -0.2) is 48.8 Å². The number of ether oxygens (including phenoxy) is 1. The molecule has 0 radical (unpaired) electrons. The Kier molecular flexibility index (Phi) is 5.68. The molecule has 27 heavy (non-hydrogen) atoms. The van der Waals surface area contributed by atoms with E-state index in [1.165, 1.54) is 42.9 Å². The fourth-order valence-electron chi connectivity index (χ4n) is 2.34. The molecule has 0 unspecified atom stereocenters. The molecule has 0 saturated carbocycles. The van der Waals surface area contributed by atoms with Crippen LogP contribution in [0.25, 0.3) is 10.2 Å². The molecule has 0 bridgehead atoms. The number of pyridine rings is 1. The average molecular weight is 406 g/mol. The van der Waals surface area contributed by atoms with Crippen molar-refractivity contribution in [1.82, 2.24) is 14.3 Å². The van der Waals surface area contributed by atoms with Crippen molar-refractivity contribution < 1.29 is 17.9 Å². The van der Waals surface area contributed by atoms with Crippen molar-refractivity contribution in [2.45, 2.75) is 11.8 Å². The second kappa shape index (κ2) is 7.99. The van der Waals surface area contributed by atoms with Gasteiger partial charge in [-0.1, -0.05) is 11.3 Å². The number of carbonyl (C=O) groups is 1. The van der Waals surface area contributed by atoms with Crippen LogP contribution in [0.3, 0.4) is 0 Å². The van der Waals surface area contributed by atoms with Gasteiger partial charge in [-0.3, -0.25) is 9.78 Å². The zero-order valence-electron chi connectivity index (χ0n) is 14.7. The number of hydrogen-bond acceptors (Lipinski definition) is 7. The second-order valence-electron chi connectivity index (χ2n) is 5.58. The zero-order chi connectivity index (χ0) is 19.4.